The maximum Gasteiger partial charge on any atom is 0.118 e. The highest BCUT2D eigenvalue weighted by Crippen LogP contribution is 2.33. The summed E-state index contributed by atoms with van der Waals surface area (Å²) in [4.78, 5) is 2.27. The van der Waals surface area contributed by atoms with Crippen molar-refractivity contribution in [2.75, 3.05) is 7.11 Å². The topological polar surface area (TPSA) is 9.23 Å². The maximum atomic E-state index is 5.95. The number of hydrogen-bond donors (Lipinski definition) is 0. The zero-order valence-electron chi connectivity index (χ0n) is 9.82. The van der Waals surface area contributed by atoms with Gasteiger partial charge in [-0.05, 0) is 48.0 Å². The van der Waals surface area contributed by atoms with Crippen molar-refractivity contribution in [2.24, 2.45) is 0 Å². The molecule has 0 spiro atoms. The molecule has 2 aromatic carbocycles. The van der Waals surface area contributed by atoms with Gasteiger partial charge in [-0.25, -0.2) is 0 Å². The third-order valence-corrected chi connectivity index (χ3v) is 4.10. The third-order valence-electron chi connectivity index (χ3n) is 2.45. The van der Waals surface area contributed by atoms with Crippen LogP contribution in [0.25, 0.3) is 0 Å². The number of alkyl halides is 1. The second-order valence-corrected chi connectivity index (χ2v) is 5.48. The van der Waals surface area contributed by atoms with Crippen LogP contribution in [-0.2, 0) is 5.88 Å². The smallest absolute Gasteiger partial charge is 0.118 e. The summed E-state index contributed by atoms with van der Waals surface area (Å²) in [5.41, 5.74) is 1.05. The Balaban J connectivity index is 2.22. The van der Waals surface area contributed by atoms with Crippen molar-refractivity contribution in [2.45, 2.75) is 15.7 Å². The Morgan fingerprint density at radius 3 is 2.44 bits per heavy atom. The molecular weight excluding hydrogens is 287 g/mol. The van der Waals surface area contributed by atoms with Crippen molar-refractivity contribution < 1.29 is 4.74 Å². The van der Waals surface area contributed by atoms with Crippen LogP contribution in [0.1, 0.15) is 5.56 Å². The molecule has 0 N–H and O–H groups in total. The molecule has 0 radical (unpaired) electrons. The summed E-state index contributed by atoms with van der Waals surface area (Å²) in [6, 6.07) is 13.7. The summed E-state index contributed by atoms with van der Waals surface area (Å²) in [6.45, 7) is 0. The first-order valence-electron chi connectivity index (χ1n) is 5.39. The molecule has 0 bridgehead atoms. The molecule has 0 aliphatic rings. The fraction of sp³-hybridized carbons (Fsp3) is 0.143. The molecule has 0 aromatic heterocycles. The number of ether oxygens (including phenoxy) is 1. The van der Waals surface area contributed by atoms with Gasteiger partial charge in [0, 0.05) is 20.7 Å². The minimum Gasteiger partial charge on any atom is -0.497 e. The minimum atomic E-state index is 0.457. The number of benzene rings is 2. The number of rotatable bonds is 4. The van der Waals surface area contributed by atoms with Gasteiger partial charge in [0.15, 0.2) is 0 Å². The summed E-state index contributed by atoms with van der Waals surface area (Å²) >= 11 is 13.5. The van der Waals surface area contributed by atoms with Crippen molar-refractivity contribution in [1.29, 1.82) is 0 Å². The average Bonchev–Trinajstić information content (AvgIpc) is 2.41. The van der Waals surface area contributed by atoms with Gasteiger partial charge in [-0.1, -0.05) is 23.4 Å². The Hall–Kier alpha value is -0.830. The number of hydrogen-bond acceptors (Lipinski definition) is 2. The van der Waals surface area contributed by atoms with Crippen molar-refractivity contribution >= 4 is 35.0 Å². The molecule has 0 aliphatic heterocycles. The molecule has 0 aliphatic carbocycles. The Bertz CT molecular complexity index is 526. The molecular formula is C14H12Cl2OS. The molecule has 0 unspecified atom stereocenters. The summed E-state index contributed by atoms with van der Waals surface area (Å²) in [6.07, 6.45) is 0. The Labute approximate surface area is 121 Å². The van der Waals surface area contributed by atoms with E-state index in [9.17, 15) is 0 Å². The third kappa shape index (κ3) is 3.35. The van der Waals surface area contributed by atoms with E-state index in [0.717, 1.165) is 21.1 Å². The van der Waals surface area contributed by atoms with E-state index >= 15 is 0 Å². The first-order valence-corrected chi connectivity index (χ1v) is 7.12. The van der Waals surface area contributed by atoms with Crippen LogP contribution < -0.4 is 4.74 Å². The van der Waals surface area contributed by atoms with Crippen LogP contribution >= 0.6 is 35.0 Å². The van der Waals surface area contributed by atoms with Crippen molar-refractivity contribution in [3.63, 3.8) is 0 Å². The van der Waals surface area contributed by atoms with E-state index in [1.807, 2.05) is 42.5 Å². The van der Waals surface area contributed by atoms with E-state index in [1.54, 1.807) is 18.9 Å². The first-order chi connectivity index (χ1) is 8.72. The lowest BCUT2D eigenvalue weighted by Gasteiger charge is -2.08. The Morgan fingerprint density at radius 1 is 1.11 bits per heavy atom. The predicted molar refractivity (Wildman–Crippen MR) is 78.1 cm³/mol. The lowest BCUT2D eigenvalue weighted by Crippen LogP contribution is -1.85. The van der Waals surface area contributed by atoms with Gasteiger partial charge in [0.2, 0.25) is 0 Å². The largest absolute Gasteiger partial charge is 0.497 e. The van der Waals surface area contributed by atoms with E-state index in [1.165, 1.54) is 0 Å². The molecule has 0 atom stereocenters. The molecule has 2 rings (SSSR count). The van der Waals surface area contributed by atoms with E-state index in [2.05, 4.69) is 0 Å². The predicted octanol–water partition coefficient (Wildman–Crippen LogP) is 5.24. The van der Waals surface area contributed by atoms with Crippen LogP contribution in [0.5, 0.6) is 5.75 Å². The van der Waals surface area contributed by atoms with Crippen LogP contribution in [-0.4, -0.2) is 7.11 Å². The monoisotopic (exact) mass is 298 g/mol. The van der Waals surface area contributed by atoms with Gasteiger partial charge in [0.05, 0.1) is 7.11 Å². The molecule has 0 saturated heterocycles. The van der Waals surface area contributed by atoms with Gasteiger partial charge >= 0.3 is 0 Å². The molecule has 0 heterocycles. The number of halogens is 2. The molecule has 94 valence electrons. The quantitative estimate of drug-likeness (QED) is 0.714. The normalized spacial score (nSPS) is 10.4. The van der Waals surface area contributed by atoms with E-state index < -0.39 is 0 Å². The highest BCUT2D eigenvalue weighted by Gasteiger charge is 2.05. The van der Waals surface area contributed by atoms with Crippen LogP contribution in [0.4, 0.5) is 0 Å². The van der Waals surface area contributed by atoms with Crippen molar-refractivity contribution in [3.8, 4) is 5.75 Å². The zero-order chi connectivity index (χ0) is 13.0. The van der Waals surface area contributed by atoms with E-state index in [4.69, 9.17) is 27.9 Å². The molecule has 0 fully saturated rings. The lowest BCUT2D eigenvalue weighted by molar-refractivity contribution is 0.414. The summed E-state index contributed by atoms with van der Waals surface area (Å²) in [7, 11) is 1.66. The molecule has 4 heteroatoms. The van der Waals surface area contributed by atoms with Gasteiger partial charge in [0.1, 0.15) is 5.75 Å². The van der Waals surface area contributed by atoms with E-state index in [-0.39, 0.29) is 0 Å². The van der Waals surface area contributed by atoms with Crippen LogP contribution in [0.3, 0.4) is 0 Å². The van der Waals surface area contributed by atoms with Gasteiger partial charge in [-0.2, -0.15) is 0 Å². The summed E-state index contributed by atoms with van der Waals surface area (Å²) < 4.78 is 5.13. The number of methoxy groups -OCH3 is 1. The lowest BCUT2D eigenvalue weighted by atomic mass is 10.2. The summed E-state index contributed by atoms with van der Waals surface area (Å²) in [5.74, 6) is 1.31. The highest BCUT2D eigenvalue weighted by molar-refractivity contribution is 7.99. The van der Waals surface area contributed by atoms with E-state index in [0.29, 0.717) is 10.9 Å². The highest BCUT2D eigenvalue weighted by atomic mass is 35.5. The van der Waals surface area contributed by atoms with Crippen LogP contribution in [0, 0.1) is 0 Å². The van der Waals surface area contributed by atoms with Crippen LogP contribution in [0.15, 0.2) is 52.3 Å². The fourth-order valence-electron chi connectivity index (χ4n) is 1.52. The second kappa shape index (κ2) is 6.37. The maximum absolute atomic E-state index is 5.95. The zero-order valence-corrected chi connectivity index (χ0v) is 12.1. The van der Waals surface area contributed by atoms with Gasteiger partial charge < -0.3 is 4.74 Å². The minimum absolute atomic E-state index is 0.457. The van der Waals surface area contributed by atoms with Crippen LogP contribution in [0.2, 0.25) is 5.02 Å². The Morgan fingerprint density at radius 2 is 1.83 bits per heavy atom. The molecule has 1 nitrogen and oxygen atoms in total. The van der Waals surface area contributed by atoms with Gasteiger partial charge in [0.25, 0.3) is 0 Å². The van der Waals surface area contributed by atoms with Gasteiger partial charge in [-0.15, -0.1) is 11.6 Å². The average molecular weight is 299 g/mol. The van der Waals surface area contributed by atoms with Crippen molar-refractivity contribution in [1.82, 2.24) is 0 Å². The molecule has 0 saturated carbocycles. The SMILES string of the molecule is COc1ccc(Sc2ccc(Cl)cc2CCl)cc1. The fourth-order valence-corrected chi connectivity index (χ4v) is 2.94. The second-order valence-electron chi connectivity index (χ2n) is 3.66. The standard InChI is InChI=1S/C14H12Cl2OS/c1-17-12-3-5-13(6-4-12)18-14-7-2-11(16)8-10(14)9-15/h2-8H,9H2,1H3. The molecule has 2 aromatic rings. The first kappa shape index (κ1) is 13.6. The molecule has 18 heavy (non-hydrogen) atoms. The molecule has 0 amide bonds. The van der Waals surface area contributed by atoms with Gasteiger partial charge in [-0.3, -0.25) is 0 Å². The summed E-state index contributed by atoms with van der Waals surface area (Å²) in [5, 5.41) is 0.713. The Kier molecular flexibility index (Phi) is 4.81. The van der Waals surface area contributed by atoms with Crippen molar-refractivity contribution in [3.05, 3.63) is 53.1 Å².